The Balaban J connectivity index is 1.94. The number of pyridine rings is 1. The van der Waals surface area contributed by atoms with Crippen molar-refractivity contribution in [3.63, 3.8) is 0 Å². The van der Waals surface area contributed by atoms with Gasteiger partial charge in [-0.1, -0.05) is 18.9 Å². The topological polar surface area (TPSA) is 22.1 Å². The number of aromatic nitrogens is 1. The first-order valence-corrected chi connectivity index (χ1v) is 4.53. The molecule has 0 N–H and O–H groups in total. The second-order valence-corrected chi connectivity index (χ2v) is 3.19. The van der Waals surface area contributed by atoms with Gasteiger partial charge < -0.3 is 4.65 Å². The smallest absolute Gasteiger partial charge is 0.359 e. The van der Waals surface area contributed by atoms with Crippen molar-refractivity contribution in [2.24, 2.45) is 0 Å². The fourth-order valence-electron chi connectivity index (χ4n) is 1.59. The maximum Gasteiger partial charge on any atom is 0.359 e. The molecule has 62 valence electrons. The van der Waals surface area contributed by atoms with Crippen LogP contribution in [0.1, 0.15) is 12.8 Å². The molecule has 0 saturated carbocycles. The number of hydrogen-bond donors (Lipinski definition) is 0. The van der Waals surface area contributed by atoms with Gasteiger partial charge in [-0.05, 0) is 24.8 Å². The van der Waals surface area contributed by atoms with Crippen LogP contribution in [0, 0.1) is 0 Å². The second-order valence-electron chi connectivity index (χ2n) is 3.19. The molecule has 12 heavy (non-hydrogen) atoms. The van der Waals surface area contributed by atoms with Crippen LogP contribution in [-0.2, 0) is 0 Å². The third kappa shape index (κ3) is 1.78. The van der Waals surface area contributed by atoms with E-state index in [9.17, 15) is 0 Å². The van der Waals surface area contributed by atoms with Crippen LogP contribution in [0.15, 0.2) is 24.4 Å². The summed E-state index contributed by atoms with van der Waals surface area (Å²) in [5, 5.41) is 0. The van der Waals surface area contributed by atoms with Crippen molar-refractivity contribution >= 4 is 6.92 Å². The minimum atomic E-state index is 0.417. The van der Waals surface area contributed by atoms with Gasteiger partial charge in [0, 0.05) is 6.20 Å². The normalized spacial score (nSPS) is 16.5. The molecule has 0 aliphatic carbocycles. The molecule has 1 aromatic heterocycles. The molecule has 0 unspecified atom stereocenters. The lowest BCUT2D eigenvalue weighted by atomic mass is 9.66. The molecule has 3 heteroatoms. The zero-order valence-corrected chi connectivity index (χ0v) is 7.07. The maximum absolute atomic E-state index is 5.66. The van der Waals surface area contributed by atoms with E-state index in [1.54, 1.807) is 6.20 Å². The summed E-state index contributed by atoms with van der Waals surface area (Å²) in [7, 11) is 0. The average Bonchev–Trinajstić information content (AvgIpc) is 2.59. The SMILES string of the molecule is c1ccc(OB2CCCC2)nc1. The fraction of sp³-hybridized carbons (Fsp3) is 0.444. The van der Waals surface area contributed by atoms with Crippen molar-refractivity contribution in [1.82, 2.24) is 4.98 Å². The van der Waals surface area contributed by atoms with Gasteiger partial charge in [-0.2, -0.15) is 0 Å². The van der Waals surface area contributed by atoms with E-state index in [1.807, 2.05) is 18.2 Å². The standard InChI is InChI=1S/C9H12BNO/c1-4-8-11-9(5-1)12-10-6-2-3-7-10/h1,4-5,8H,2-3,6-7H2. The second kappa shape index (κ2) is 3.61. The van der Waals surface area contributed by atoms with Crippen LogP contribution in [0.5, 0.6) is 5.88 Å². The summed E-state index contributed by atoms with van der Waals surface area (Å²) >= 11 is 0. The Morgan fingerprint density at radius 3 is 2.75 bits per heavy atom. The highest BCUT2D eigenvalue weighted by Gasteiger charge is 2.22. The summed E-state index contributed by atoms with van der Waals surface area (Å²) in [5.74, 6) is 0.768. The number of hydrogen-bond acceptors (Lipinski definition) is 2. The average molecular weight is 161 g/mol. The Kier molecular flexibility index (Phi) is 2.30. The first kappa shape index (κ1) is 7.65. The van der Waals surface area contributed by atoms with Gasteiger partial charge >= 0.3 is 6.92 Å². The Morgan fingerprint density at radius 2 is 2.08 bits per heavy atom. The van der Waals surface area contributed by atoms with Gasteiger partial charge in [0.15, 0.2) is 5.88 Å². The maximum atomic E-state index is 5.66. The van der Waals surface area contributed by atoms with E-state index in [2.05, 4.69) is 4.98 Å². The van der Waals surface area contributed by atoms with Crippen molar-refractivity contribution in [1.29, 1.82) is 0 Å². The molecule has 0 spiro atoms. The van der Waals surface area contributed by atoms with E-state index in [0.717, 1.165) is 5.88 Å². The van der Waals surface area contributed by atoms with Gasteiger partial charge in [0.1, 0.15) is 0 Å². The lowest BCUT2D eigenvalue weighted by Crippen LogP contribution is -2.16. The molecular weight excluding hydrogens is 149 g/mol. The highest BCUT2D eigenvalue weighted by molar-refractivity contribution is 6.53. The van der Waals surface area contributed by atoms with Crippen molar-refractivity contribution in [2.75, 3.05) is 0 Å². The monoisotopic (exact) mass is 161 g/mol. The lowest BCUT2D eigenvalue weighted by molar-refractivity contribution is 0.548. The van der Waals surface area contributed by atoms with Crippen LogP contribution in [0.25, 0.3) is 0 Å². The van der Waals surface area contributed by atoms with E-state index >= 15 is 0 Å². The zero-order valence-electron chi connectivity index (χ0n) is 7.07. The minimum absolute atomic E-state index is 0.417. The van der Waals surface area contributed by atoms with Crippen molar-refractivity contribution < 1.29 is 4.65 Å². The minimum Gasteiger partial charge on any atom is -0.548 e. The molecule has 1 aliphatic heterocycles. The molecule has 0 aromatic carbocycles. The van der Waals surface area contributed by atoms with E-state index in [4.69, 9.17) is 4.65 Å². The van der Waals surface area contributed by atoms with Crippen LogP contribution < -0.4 is 4.65 Å². The molecule has 1 saturated heterocycles. The van der Waals surface area contributed by atoms with Gasteiger partial charge in [-0.15, -0.1) is 0 Å². The van der Waals surface area contributed by atoms with Crippen molar-refractivity contribution in [3.05, 3.63) is 24.4 Å². The highest BCUT2D eigenvalue weighted by Crippen LogP contribution is 2.21. The predicted molar refractivity (Wildman–Crippen MR) is 49.5 cm³/mol. The fourth-order valence-corrected chi connectivity index (χ4v) is 1.59. The van der Waals surface area contributed by atoms with Gasteiger partial charge in [-0.3, -0.25) is 0 Å². The van der Waals surface area contributed by atoms with Gasteiger partial charge in [0.25, 0.3) is 0 Å². The van der Waals surface area contributed by atoms with Crippen LogP contribution in [-0.4, -0.2) is 11.9 Å². The summed E-state index contributed by atoms with van der Waals surface area (Å²) in [6, 6.07) is 5.77. The molecule has 2 nitrogen and oxygen atoms in total. The molecule has 1 fully saturated rings. The van der Waals surface area contributed by atoms with E-state index in [1.165, 1.54) is 25.5 Å². The zero-order chi connectivity index (χ0) is 8.23. The Hall–Kier alpha value is -0.985. The molecule has 1 aromatic rings. The highest BCUT2D eigenvalue weighted by atomic mass is 16.4. The van der Waals surface area contributed by atoms with Gasteiger partial charge in [0.05, 0.1) is 0 Å². The quantitative estimate of drug-likeness (QED) is 0.620. The van der Waals surface area contributed by atoms with Gasteiger partial charge in [0.2, 0.25) is 0 Å². The van der Waals surface area contributed by atoms with E-state index in [-0.39, 0.29) is 0 Å². The van der Waals surface area contributed by atoms with Crippen LogP contribution >= 0.6 is 0 Å². The predicted octanol–water partition coefficient (Wildman–Crippen LogP) is 2.25. The van der Waals surface area contributed by atoms with Crippen LogP contribution in [0.4, 0.5) is 0 Å². The molecule has 2 rings (SSSR count). The molecule has 0 amide bonds. The Labute approximate surface area is 73.1 Å². The van der Waals surface area contributed by atoms with E-state index < -0.39 is 0 Å². The van der Waals surface area contributed by atoms with Crippen molar-refractivity contribution in [3.8, 4) is 5.88 Å². The summed E-state index contributed by atoms with van der Waals surface area (Å²) in [6.45, 7) is 0.417. The largest absolute Gasteiger partial charge is 0.548 e. The first-order chi connectivity index (χ1) is 5.95. The summed E-state index contributed by atoms with van der Waals surface area (Å²) in [4.78, 5) is 4.12. The van der Waals surface area contributed by atoms with Crippen LogP contribution in [0.3, 0.4) is 0 Å². The third-order valence-corrected chi connectivity index (χ3v) is 2.23. The Morgan fingerprint density at radius 1 is 1.25 bits per heavy atom. The molecule has 0 radical (unpaired) electrons. The van der Waals surface area contributed by atoms with Gasteiger partial charge in [-0.25, -0.2) is 4.98 Å². The van der Waals surface area contributed by atoms with Crippen LogP contribution in [0.2, 0.25) is 12.6 Å². The summed E-state index contributed by atoms with van der Waals surface area (Å²) in [6.07, 6.45) is 6.76. The Bertz CT molecular complexity index is 234. The summed E-state index contributed by atoms with van der Waals surface area (Å²) in [5.41, 5.74) is 0. The molecule has 1 aliphatic rings. The molecule has 2 heterocycles. The molecule has 0 bridgehead atoms. The first-order valence-electron chi connectivity index (χ1n) is 4.53. The number of nitrogens with zero attached hydrogens (tertiary/aromatic N) is 1. The molecule has 0 atom stereocenters. The van der Waals surface area contributed by atoms with E-state index in [0.29, 0.717) is 6.92 Å². The summed E-state index contributed by atoms with van der Waals surface area (Å²) < 4.78 is 5.66. The van der Waals surface area contributed by atoms with Crippen molar-refractivity contribution in [2.45, 2.75) is 25.5 Å². The molecular formula is C9H12BNO. The lowest BCUT2D eigenvalue weighted by Gasteiger charge is -2.07. The number of rotatable bonds is 2. The third-order valence-electron chi connectivity index (χ3n) is 2.23.